The average molecular weight is 326 g/mol. The number of aliphatic hydroxyl groups excluding tert-OH is 1. The Morgan fingerprint density at radius 2 is 2.00 bits per heavy atom. The molecule has 0 radical (unpaired) electrons. The Hall–Kier alpha value is -2.78. The highest BCUT2D eigenvalue weighted by Crippen LogP contribution is 2.42. The third kappa shape index (κ3) is 2.26. The maximum atomic E-state index is 13.0. The molecule has 2 aromatic rings. The van der Waals surface area contributed by atoms with E-state index in [0.717, 1.165) is 9.87 Å². The summed E-state index contributed by atoms with van der Waals surface area (Å²) in [6.45, 7) is 1.66. The maximum absolute atomic E-state index is 13.0. The van der Waals surface area contributed by atoms with E-state index in [9.17, 15) is 13.5 Å². The lowest BCUT2D eigenvalue weighted by molar-refractivity contribution is 0.512. The van der Waals surface area contributed by atoms with Gasteiger partial charge in [-0.25, -0.2) is 8.42 Å². The molecule has 1 aromatic carbocycles. The molecule has 3 rings (SSSR count). The van der Waals surface area contributed by atoms with Gasteiger partial charge in [-0.3, -0.25) is 9.29 Å². The molecule has 0 unspecified atom stereocenters. The minimum atomic E-state index is -3.98. The molecule has 0 atom stereocenters. The summed E-state index contributed by atoms with van der Waals surface area (Å²) < 4.78 is 27.1. The summed E-state index contributed by atoms with van der Waals surface area (Å²) >= 11 is 0. The lowest BCUT2D eigenvalue weighted by Gasteiger charge is -2.30. The highest BCUT2D eigenvalue weighted by molar-refractivity contribution is 8.02. The fourth-order valence-electron chi connectivity index (χ4n) is 2.62. The van der Waals surface area contributed by atoms with Crippen LogP contribution in [-0.2, 0) is 10.0 Å². The van der Waals surface area contributed by atoms with Gasteiger partial charge in [-0.1, -0.05) is 30.2 Å². The number of fused-ring (bicyclic) bond motifs is 1. The van der Waals surface area contributed by atoms with Gasteiger partial charge in [0.05, 0.1) is 18.4 Å². The van der Waals surface area contributed by atoms with Crippen molar-refractivity contribution in [1.82, 2.24) is 4.98 Å². The number of aliphatic hydroxyl groups is 1. The molecule has 0 spiro atoms. The summed E-state index contributed by atoms with van der Waals surface area (Å²) in [5.74, 6) is 2.06. The second-order valence-electron chi connectivity index (χ2n) is 5.10. The van der Waals surface area contributed by atoms with Gasteiger partial charge in [-0.15, -0.1) is 6.42 Å². The summed E-state index contributed by atoms with van der Waals surface area (Å²) in [6, 6.07) is 8.56. The van der Waals surface area contributed by atoms with Crippen molar-refractivity contribution in [2.75, 3.05) is 10.8 Å². The summed E-state index contributed by atoms with van der Waals surface area (Å²) in [7, 11) is -3.98. The van der Waals surface area contributed by atoms with Crippen molar-refractivity contribution in [3.8, 4) is 12.3 Å². The number of nitrogens with zero attached hydrogens (tertiary/aromatic N) is 2. The zero-order valence-electron chi connectivity index (χ0n) is 12.4. The zero-order chi connectivity index (χ0) is 16.6. The van der Waals surface area contributed by atoms with Crippen LogP contribution in [0.15, 0.2) is 42.7 Å². The number of pyridine rings is 1. The highest BCUT2D eigenvalue weighted by atomic mass is 32.2. The lowest BCUT2D eigenvalue weighted by Crippen LogP contribution is -2.35. The number of rotatable bonds is 2. The first kappa shape index (κ1) is 15.1. The summed E-state index contributed by atoms with van der Waals surface area (Å²) in [4.78, 5) is 3.80. The smallest absolute Gasteiger partial charge is 0.269 e. The van der Waals surface area contributed by atoms with Crippen molar-refractivity contribution in [2.24, 2.45) is 0 Å². The number of anilines is 1. The third-order valence-electron chi connectivity index (χ3n) is 3.71. The predicted molar refractivity (Wildman–Crippen MR) is 90.0 cm³/mol. The minimum absolute atomic E-state index is 0.135. The van der Waals surface area contributed by atoms with E-state index in [4.69, 9.17) is 6.42 Å². The van der Waals surface area contributed by atoms with Crippen LogP contribution in [0.2, 0.25) is 0 Å². The van der Waals surface area contributed by atoms with E-state index >= 15 is 0 Å². The van der Waals surface area contributed by atoms with Gasteiger partial charge in [0.2, 0.25) is 0 Å². The molecule has 2 heterocycles. The fraction of sp³-hybridized carbons (Fsp3) is 0.118. The normalized spacial score (nSPS) is 15.9. The van der Waals surface area contributed by atoms with Crippen LogP contribution < -0.4 is 4.31 Å². The van der Waals surface area contributed by atoms with Crippen molar-refractivity contribution in [1.29, 1.82) is 0 Å². The van der Waals surface area contributed by atoms with Gasteiger partial charge in [0, 0.05) is 17.3 Å². The van der Waals surface area contributed by atoms with E-state index < -0.39 is 10.0 Å². The molecule has 23 heavy (non-hydrogen) atoms. The van der Waals surface area contributed by atoms with Gasteiger partial charge >= 0.3 is 0 Å². The Morgan fingerprint density at radius 3 is 2.70 bits per heavy atom. The number of benzene rings is 1. The molecule has 1 N–H and O–H groups in total. The molecule has 5 nitrogen and oxygen atoms in total. The molecule has 1 aliphatic heterocycles. The molecule has 0 saturated carbocycles. The first-order chi connectivity index (χ1) is 11.0. The van der Waals surface area contributed by atoms with Crippen LogP contribution in [0, 0.1) is 19.3 Å². The number of aromatic nitrogens is 1. The van der Waals surface area contributed by atoms with Gasteiger partial charge in [-0.05, 0) is 18.6 Å². The van der Waals surface area contributed by atoms with Gasteiger partial charge in [-0.2, -0.15) is 0 Å². The number of sulfonamides is 1. The molecule has 0 saturated heterocycles. The van der Waals surface area contributed by atoms with Gasteiger partial charge < -0.3 is 5.11 Å². The van der Waals surface area contributed by atoms with E-state index in [1.165, 1.54) is 12.4 Å². The second kappa shape index (κ2) is 5.45. The largest absolute Gasteiger partial charge is 0.506 e. The van der Waals surface area contributed by atoms with E-state index in [-0.39, 0.29) is 22.9 Å². The molecule has 1 aromatic heterocycles. The molecular formula is C17H14N2O3S. The fourth-order valence-corrected chi connectivity index (χ4v) is 4.35. The minimum Gasteiger partial charge on any atom is -0.506 e. The molecular weight excluding hydrogens is 312 g/mol. The zero-order valence-corrected chi connectivity index (χ0v) is 13.2. The standard InChI is InChI=1S/C17H14N2O3S/c1-3-10-19-15-11-18-9-8-14(15)16(20)17(23(19,21)22)13-7-5-4-6-12(13)2/h1,4-9,11,20H,10H2,2H3. The number of aryl methyl sites for hydroxylation is 1. The molecule has 116 valence electrons. The van der Waals surface area contributed by atoms with Crippen LogP contribution in [0.4, 0.5) is 5.69 Å². The van der Waals surface area contributed by atoms with Crippen molar-refractivity contribution < 1.29 is 13.5 Å². The monoisotopic (exact) mass is 326 g/mol. The lowest BCUT2D eigenvalue weighted by atomic mass is 10.1. The Morgan fingerprint density at radius 1 is 1.26 bits per heavy atom. The SMILES string of the molecule is C#CCN1c2cnccc2C(O)=C(c2ccccc2C)S1(=O)=O. The molecule has 1 aliphatic rings. The summed E-state index contributed by atoms with van der Waals surface area (Å²) in [6.07, 6.45) is 8.21. The molecule has 0 fully saturated rings. The van der Waals surface area contributed by atoms with Crippen LogP contribution in [0.3, 0.4) is 0 Å². The maximum Gasteiger partial charge on any atom is 0.269 e. The van der Waals surface area contributed by atoms with Gasteiger partial charge in [0.25, 0.3) is 10.0 Å². The topological polar surface area (TPSA) is 70.5 Å². The predicted octanol–water partition coefficient (Wildman–Crippen LogP) is 2.56. The van der Waals surface area contributed by atoms with Crippen molar-refractivity contribution in [2.45, 2.75) is 6.92 Å². The molecule has 0 bridgehead atoms. The van der Waals surface area contributed by atoms with Crippen molar-refractivity contribution in [3.05, 3.63) is 59.4 Å². The average Bonchev–Trinajstić information content (AvgIpc) is 2.53. The van der Waals surface area contributed by atoms with Crippen LogP contribution >= 0.6 is 0 Å². The van der Waals surface area contributed by atoms with Crippen LogP contribution in [0.25, 0.3) is 10.7 Å². The Balaban J connectivity index is 2.39. The third-order valence-corrected chi connectivity index (χ3v) is 5.55. The highest BCUT2D eigenvalue weighted by Gasteiger charge is 2.38. The van der Waals surface area contributed by atoms with E-state index in [1.807, 2.05) is 6.07 Å². The van der Waals surface area contributed by atoms with Crippen molar-refractivity contribution >= 4 is 26.4 Å². The number of terminal acetylenes is 1. The van der Waals surface area contributed by atoms with E-state index in [2.05, 4.69) is 10.9 Å². The first-order valence-corrected chi connectivity index (χ1v) is 8.32. The number of hydrogen-bond donors (Lipinski definition) is 1. The number of hydrogen-bond acceptors (Lipinski definition) is 4. The second-order valence-corrected chi connectivity index (χ2v) is 6.90. The quantitative estimate of drug-likeness (QED) is 0.861. The van der Waals surface area contributed by atoms with Crippen LogP contribution in [-0.4, -0.2) is 25.1 Å². The molecule has 0 aliphatic carbocycles. The summed E-state index contributed by atoms with van der Waals surface area (Å²) in [5, 5.41) is 10.6. The summed E-state index contributed by atoms with van der Waals surface area (Å²) in [5.41, 5.74) is 1.87. The van der Waals surface area contributed by atoms with Crippen LogP contribution in [0.5, 0.6) is 0 Å². The van der Waals surface area contributed by atoms with Crippen molar-refractivity contribution in [3.63, 3.8) is 0 Å². The molecule has 0 amide bonds. The Bertz CT molecular complexity index is 956. The first-order valence-electron chi connectivity index (χ1n) is 6.88. The van der Waals surface area contributed by atoms with E-state index in [1.54, 1.807) is 31.2 Å². The van der Waals surface area contributed by atoms with Crippen LogP contribution in [0.1, 0.15) is 16.7 Å². The molecule has 6 heteroatoms. The van der Waals surface area contributed by atoms with Gasteiger partial charge in [0.1, 0.15) is 10.7 Å². The van der Waals surface area contributed by atoms with Gasteiger partial charge in [0.15, 0.2) is 0 Å². The van der Waals surface area contributed by atoms with E-state index in [0.29, 0.717) is 11.1 Å². The Labute approximate surface area is 135 Å². The Kier molecular flexibility index (Phi) is 3.58.